The number of pyridine rings is 1. The van der Waals surface area contributed by atoms with Gasteiger partial charge in [-0.2, -0.15) is 0 Å². The number of hydrogen-bond acceptors (Lipinski definition) is 3. The van der Waals surface area contributed by atoms with Gasteiger partial charge in [0.05, 0.1) is 10.6 Å². The Morgan fingerprint density at radius 1 is 1.19 bits per heavy atom. The minimum absolute atomic E-state index is 0.162. The summed E-state index contributed by atoms with van der Waals surface area (Å²) in [4.78, 5) is 4.48. The fourth-order valence-corrected chi connectivity index (χ4v) is 4.62. The van der Waals surface area contributed by atoms with Crippen LogP contribution in [0.2, 0.25) is 0 Å². The minimum atomic E-state index is -3.52. The molecule has 0 radical (unpaired) electrons. The maximum atomic E-state index is 13.0. The van der Waals surface area contributed by atoms with Gasteiger partial charge < -0.3 is 0 Å². The van der Waals surface area contributed by atoms with Gasteiger partial charge in [0.15, 0.2) is 0 Å². The van der Waals surface area contributed by atoms with Gasteiger partial charge in [0, 0.05) is 18.9 Å². The number of anilines is 1. The van der Waals surface area contributed by atoms with E-state index >= 15 is 0 Å². The zero-order chi connectivity index (χ0) is 15.0. The largest absolute Gasteiger partial charge is 0.266 e. The molecule has 0 saturated heterocycles. The lowest BCUT2D eigenvalue weighted by Crippen LogP contribution is -2.30. The summed E-state index contributed by atoms with van der Waals surface area (Å²) in [6, 6.07) is 9.03. The molecule has 2 heterocycles. The third kappa shape index (κ3) is 2.31. The highest BCUT2D eigenvalue weighted by Crippen LogP contribution is 2.34. The van der Waals surface area contributed by atoms with Crippen molar-refractivity contribution in [1.29, 1.82) is 0 Å². The molecule has 0 N–H and O–H groups in total. The van der Waals surface area contributed by atoms with E-state index in [-0.39, 0.29) is 5.92 Å². The lowest BCUT2D eigenvalue weighted by molar-refractivity contribution is 0.590. The van der Waals surface area contributed by atoms with Crippen LogP contribution in [-0.4, -0.2) is 19.9 Å². The number of benzene rings is 1. The van der Waals surface area contributed by atoms with Crippen molar-refractivity contribution in [3.8, 4) is 0 Å². The number of hydrogen-bond donors (Lipinski definition) is 0. The fourth-order valence-electron chi connectivity index (χ4n) is 2.76. The molecule has 3 rings (SSSR count). The van der Waals surface area contributed by atoms with Crippen molar-refractivity contribution in [2.24, 2.45) is 0 Å². The first-order chi connectivity index (χ1) is 10.0. The zero-order valence-electron chi connectivity index (χ0n) is 12.2. The molecule has 4 nitrogen and oxygen atoms in total. The van der Waals surface area contributed by atoms with E-state index in [1.807, 2.05) is 26.0 Å². The molecular formula is C16H18N2O2S. The second kappa shape index (κ2) is 5.15. The molecule has 0 unspecified atom stereocenters. The average molecular weight is 302 g/mol. The molecule has 110 valence electrons. The quantitative estimate of drug-likeness (QED) is 0.876. The van der Waals surface area contributed by atoms with E-state index < -0.39 is 10.0 Å². The van der Waals surface area contributed by atoms with Gasteiger partial charge in [-0.25, -0.2) is 8.42 Å². The van der Waals surface area contributed by atoms with E-state index in [0.717, 1.165) is 16.8 Å². The average Bonchev–Trinajstić information content (AvgIpc) is 2.92. The summed E-state index contributed by atoms with van der Waals surface area (Å²) in [5, 5.41) is 0. The Hall–Kier alpha value is -1.88. The number of fused-ring (bicyclic) bond motifs is 1. The first-order valence-corrected chi connectivity index (χ1v) is 8.50. The van der Waals surface area contributed by atoms with Crippen LogP contribution in [0.4, 0.5) is 5.69 Å². The van der Waals surface area contributed by atoms with Crippen molar-refractivity contribution in [3.63, 3.8) is 0 Å². The standard InChI is InChI=1S/C16H18N2O2S/c1-12(2)14-5-3-4-6-16(14)21(19,20)18-10-8-13-11-17-9-7-15(13)18/h3-7,9,11-12H,8,10H2,1-2H3. The summed E-state index contributed by atoms with van der Waals surface area (Å²) in [7, 11) is -3.52. The number of nitrogens with zero attached hydrogens (tertiary/aromatic N) is 2. The van der Waals surface area contributed by atoms with Crippen LogP contribution >= 0.6 is 0 Å². The molecule has 1 aliphatic rings. The summed E-state index contributed by atoms with van der Waals surface area (Å²) >= 11 is 0. The van der Waals surface area contributed by atoms with Crippen molar-refractivity contribution in [3.05, 3.63) is 53.9 Å². The van der Waals surface area contributed by atoms with Gasteiger partial charge in [0.25, 0.3) is 10.0 Å². The van der Waals surface area contributed by atoms with E-state index in [2.05, 4.69) is 4.98 Å². The van der Waals surface area contributed by atoms with Crippen molar-refractivity contribution < 1.29 is 8.42 Å². The van der Waals surface area contributed by atoms with Crippen molar-refractivity contribution in [2.45, 2.75) is 31.1 Å². The highest BCUT2D eigenvalue weighted by molar-refractivity contribution is 7.93. The Kier molecular flexibility index (Phi) is 3.45. The molecule has 21 heavy (non-hydrogen) atoms. The number of sulfonamides is 1. The minimum Gasteiger partial charge on any atom is -0.266 e. The predicted molar refractivity (Wildman–Crippen MR) is 83.0 cm³/mol. The number of aromatic nitrogens is 1. The maximum Gasteiger partial charge on any atom is 0.264 e. The van der Waals surface area contributed by atoms with Crippen LogP contribution in [-0.2, 0) is 16.4 Å². The number of rotatable bonds is 3. The van der Waals surface area contributed by atoms with E-state index in [1.54, 1.807) is 30.6 Å². The maximum absolute atomic E-state index is 13.0. The Balaban J connectivity index is 2.11. The molecule has 0 saturated carbocycles. The Morgan fingerprint density at radius 2 is 1.95 bits per heavy atom. The summed E-state index contributed by atoms with van der Waals surface area (Å²) < 4.78 is 27.6. The van der Waals surface area contributed by atoms with Gasteiger partial charge in [0.1, 0.15) is 0 Å². The van der Waals surface area contributed by atoms with Gasteiger partial charge in [-0.3, -0.25) is 9.29 Å². The molecule has 0 spiro atoms. The molecule has 0 bridgehead atoms. The molecule has 1 aliphatic heterocycles. The molecule has 0 amide bonds. The molecule has 0 aliphatic carbocycles. The lowest BCUT2D eigenvalue weighted by atomic mass is 10.0. The molecule has 5 heteroatoms. The Bertz CT molecular complexity index is 769. The van der Waals surface area contributed by atoms with Gasteiger partial charge in [-0.15, -0.1) is 0 Å². The lowest BCUT2D eigenvalue weighted by Gasteiger charge is -2.22. The molecule has 2 aromatic rings. The van der Waals surface area contributed by atoms with Crippen LogP contribution in [0.1, 0.15) is 30.9 Å². The Labute approximate surface area is 125 Å². The fraction of sp³-hybridized carbons (Fsp3) is 0.312. The summed E-state index contributed by atoms with van der Waals surface area (Å²) in [6.07, 6.45) is 4.10. The third-order valence-corrected chi connectivity index (χ3v) is 5.73. The monoisotopic (exact) mass is 302 g/mol. The van der Waals surface area contributed by atoms with Gasteiger partial charge >= 0.3 is 0 Å². The van der Waals surface area contributed by atoms with E-state index in [1.165, 1.54) is 4.31 Å². The zero-order valence-corrected chi connectivity index (χ0v) is 13.0. The van der Waals surface area contributed by atoms with Crippen molar-refractivity contribution in [1.82, 2.24) is 4.98 Å². The third-order valence-electron chi connectivity index (χ3n) is 3.84. The summed E-state index contributed by atoms with van der Waals surface area (Å²) in [5.74, 6) is 0.162. The van der Waals surface area contributed by atoms with Crippen LogP contribution < -0.4 is 4.31 Å². The Morgan fingerprint density at radius 3 is 2.71 bits per heavy atom. The topological polar surface area (TPSA) is 50.3 Å². The van der Waals surface area contributed by atoms with Crippen molar-refractivity contribution >= 4 is 15.7 Å². The second-order valence-corrected chi connectivity index (χ2v) is 7.35. The molecule has 0 atom stereocenters. The molecule has 0 fully saturated rings. The first kappa shape index (κ1) is 14.1. The SMILES string of the molecule is CC(C)c1ccccc1S(=O)(=O)N1CCc2cnccc21. The van der Waals surface area contributed by atoms with Crippen LogP contribution in [0.15, 0.2) is 47.6 Å². The van der Waals surface area contributed by atoms with Crippen LogP contribution in [0, 0.1) is 0 Å². The van der Waals surface area contributed by atoms with Crippen LogP contribution in [0.25, 0.3) is 0 Å². The summed E-state index contributed by atoms with van der Waals surface area (Å²) in [5.41, 5.74) is 2.60. The normalized spacial score (nSPS) is 14.5. The second-order valence-electron chi connectivity index (χ2n) is 5.52. The highest BCUT2D eigenvalue weighted by Gasteiger charge is 2.32. The van der Waals surface area contributed by atoms with E-state index in [9.17, 15) is 8.42 Å². The first-order valence-electron chi connectivity index (χ1n) is 7.06. The van der Waals surface area contributed by atoms with Gasteiger partial charge in [0.2, 0.25) is 0 Å². The van der Waals surface area contributed by atoms with Crippen LogP contribution in [0.5, 0.6) is 0 Å². The molecular weight excluding hydrogens is 284 g/mol. The predicted octanol–water partition coefficient (Wildman–Crippen LogP) is 2.96. The van der Waals surface area contributed by atoms with Crippen LogP contribution in [0.3, 0.4) is 0 Å². The van der Waals surface area contributed by atoms with Gasteiger partial charge in [-0.05, 0) is 35.6 Å². The van der Waals surface area contributed by atoms with E-state index in [4.69, 9.17) is 0 Å². The highest BCUT2D eigenvalue weighted by atomic mass is 32.2. The molecule has 1 aromatic carbocycles. The smallest absolute Gasteiger partial charge is 0.264 e. The van der Waals surface area contributed by atoms with Gasteiger partial charge in [-0.1, -0.05) is 32.0 Å². The van der Waals surface area contributed by atoms with E-state index in [0.29, 0.717) is 17.9 Å². The molecule has 1 aromatic heterocycles. The van der Waals surface area contributed by atoms with Crippen molar-refractivity contribution in [2.75, 3.05) is 10.8 Å². The summed E-state index contributed by atoms with van der Waals surface area (Å²) in [6.45, 7) is 4.50.